The number of amides is 2. The summed E-state index contributed by atoms with van der Waals surface area (Å²) >= 11 is 6.03. The molecule has 10 heteroatoms. The number of piperidine rings is 1. The van der Waals surface area contributed by atoms with Gasteiger partial charge in [-0.05, 0) is 48.9 Å². The molecule has 2 amide bonds. The molecule has 2 atom stereocenters. The maximum Gasteiger partial charge on any atom is 0.404 e. The maximum absolute atomic E-state index is 14.0. The van der Waals surface area contributed by atoms with Crippen LogP contribution in [0.2, 0.25) is 5.02 Å². The van der Waals surface area contributed by atoms with Crippen LogP contribution in [-0.2, 0) is 4.79 Å². The molecule has 1 saturated heterocycles. The zero-order chi connectivity index (χ0) is 26.1. The van der Waals surface area contributed by atoms with Gasteiger partial charge in [0.1, 0.15) is 17.8 Å². The van der Waals surface area contributed by atoms with Crippen molar-refractivity contribution in [3.63, 3.8) is 0 Å². The quantitative estimate of drug-likeness (QED) is 0.377. The van der Waals surface area contributed by atoms with E-state index in [2.05, 4.69) is 30.5 Å². The number of carbonyl (C=O) groups excluding carboxylic acids is 1. The van der Waals surface area contributed by atoms with E-state index in [0.717, 1.165) is 22.4 Å². The van der Waals surface area contributed by atoms with Crippen LogP contribution < -0.4 is 15.5 Å². The van der Waals surface area contributed by atoms with Gasteiger partial charge in [0.15, 0.2) is 0 Å². The Morgan fingerprint density at radius 1 is 1.11 bits per heavy atom. The number of fused-ring (bicyclic) bond motifs is 1. The molecule has 192 valence electrons. The molecule has 3 heterocycles. The number of hydrogen-bond acceptors (Lipinski definition) is 5. The van der Waals surface area contributed by atoms with Gasteiger partial charge in [0.05, 0.1) is 22.9 Å². The lowest BCUT2D eigenvalue weighted by atomic mass is 9.63. The van der Waals surface area contributed by atoms with Gasteiger partial charge >= 0.3 is 6.09 Å². The number of carbonyl (C=O) groups is 2. The predicted octanol–water partition coefficient (Wildman–Crippen LogP) is 4.76. The van der Waals surface area contributed by atoms with Gasteiger partial charge < -0.3 is 25.6 Å². The van der Waals surface area contributed by atoms with E-state index in [1.54, 1.807) is 12.1 Å². The second-order valence-electron chi connectivity index (χ2n) is 10.6. The van der Waals surface area contributed by atoms with E-state index in [9.17, 15) is 14.7 Å². The first-order valence-corrected chi connectivity index (χ1v) is 12.5. The number of aromatic nitrogens is 3. The molecule has 0 bridgehead atoms. The molecule has 36 heavy (non-hydrogen) atoms. The van der Waals surface area contributed by atoms with Crippen LogP contribution in [-0.4, -0.2) is 51.2 Å². The Morgan fingerprint density at radius 3 is 2.39 bits per heavy atom. The molecule has 1 aliphatic heterocycles. The summed E-state index contributed by atoms with van der Waals surface area (Å²) in [7, 11) is 0. The minimum Gasteiger partial charge on any atom is -0.465 e. The summed E-state index contributed by atoms with van der Waals surface area (Å²) in [6, 6.07) is 8.43. The molecule has 4 N–H and O–H groups in total. The van der Waals surface area contributed by atoms with Crippen LogP contribution >= 0.6 is 11.6 Å². The molecular formula is C26H33ClN6O3. The highest BCUT2D eigenvalue weighted by Crippen LogP contribution is 2.44. The first kappa shape index (κ1) is 25.8. The molecule has 4 rings (SSSR count). The first-order valence-electron chi connectivity index (χ1n) is 12.1. The van der Waals surface area contributed by atoms with Crippen molar-refractivity contribution in [1.82, 2.24) is 25.6 Å². The van der Waals surface area contributed by atoms with E-state index in [-0.39, 0.29) is 11.9 Å². The third-order valence-corrected chi connectivity index (χ3v) is 7.40. The fourth-order valence-corrected chi connectivity index (χ4v) is 5.48. The Hall–Kier alpha value is -3.33. The smallest absolute Gasteiger partial charge is 0.404 e. The summed E-state index contributed by atoms with van der Waals surface area (Å²) in [5.41, 5.74) is 0.240. The largest absolute Gasteiger partial charge is 0.465 e. The first-order chi connectivity index (χ1) is 17.0. The van der Waals surface area contributed by atoms with Crippen molar-refractivity contribution in [2.45, 2.75) is 52.6 Å². The van der Waals surface area contributed by atoms with Gasteiger partial charge in [-0.25, -0.2) is 14.8 Å². The summed E-state index contributed by atoms with van der Waals surface area (Å²) in [5, 5.41) is 17.1. The van der Waals surface area contributed by atoms with E-state index in [0.29, 0.717) is 31.0 Å². The number of halogens is 1. The van der Waals surface area contributed by atoms with Gasteiger partial charge in [0.2, 0.25) is 5.91 Å². The molecule has 3 aromatic rings. The minimum atomic E-state index is -1.14. The summed E-state index contributed by atoms with van der Waals surface area (Å²) < 4.78 is 0. The fraction of sp³-hybridized carbons (Fsp3) is 0.462. The van der Waals surface area contributed by atoms with Crippen LogP contribution in [0, 0.1) is 10.8 Å². The molecule has 0 spiro atoms. The molecule has 1 aliphatic rings. The second kappa shape index (κ2) is 9.97. The highest BCUT2D eigenvalue weighted by Gasteiger charge is 2.52. The summed E-state index contributed by atoms with van der Waals surface area (Å²) in [6.07, 6.45) is 3.14. The monoisotopic (exact) mass is 512 g/mol. The van der Waals surface area contributed by atoms with Crippen LogP contribution in [0.5, 0.6) is 0 Å². The number of hydrogen-bond donors (Lipinski definition) is 4. The van der Waals surface area contributed by atoms with Crippen molar-refractivity contribution >= 4 is 40.5 Å². The van der Waals surface area contributed by atoms with E-state index in [4.69, 9.17) is 11.6 Å². The molecule has 2 unspecified atom stereocenters. The number of nitrogens with zero attached hydrogens (tertiary/aromatic N) is 3. The van der Waals surface area contributed by atoms with Crippen LogP contribution in [0.3, 0.4) is 0 Å². The molecule has 1 aromatic carbocycles. The predicted molar refractivity (Wildman–Crippen MR) is 140 cm³/mol. The minimum absolute atomic E-state index is 0.159. The van der Waals surface area contributed by atoms with Crippen molar-refractivity contribution in [3.05, 3.63) is 53.4 Å². The van der Waals surface area contributed by atoms with Crippen LogP contribution in [0.4, 0.5) is 10.6 Å². The molecule has 1 fully saturated rings. The van der Waals surface area contributed by atoms with Crippen LogP contribution in [0.15, 0.2) is 42.9 Å². The molecule has 2 aromatic heterocycles. The van der Waals surface area contributed by atoms with Crippen molar-refractivity contribution in [2.75, 3.05) is 18.0 Å². The molecule has 0 radical (unpaired) electrons. The van der Waals surface area contributed by atoms with Crippen molar-refractivity contribution in [3.8, 4) is 0 Å². The summed E-state index contributed by atoms with van der Waals surface area (Å²) in [5.74, 6) is 0.649. The summed E-state index contributed by atoms with van der Waals surface area (Å²) in [4.78, 5) is 39.9. The lowest BCUT2D eigenvalue weighted by Gasteiger charge is -2.50. The molecule has 9 nitrogen and oxygen atoms in total. The number of aromatic amines is 1. The Kier molecular flexibility index (Phi) is 7.13. The van der Waals surface area contributed by atoms with Gasteiger partial charge in [0, 0.05) is 24.3 Å². The van der Waals surface area contributed by atoms with E-state index in [1.807, 2.05) is 52.1 Å². The number of anilines is 1. The Bertz CT molecular complexity index is 1230. The number of carboxylic acid groups (broad SMARTS) is 1. The summed E-state index contributed by atoms with van der Waals surface area (Å²) in [6.45, 7) is 8.91. The number of rotatable bonds is 6. The van der Waals surface area contributed by atoms with E-state index >= 15 is 0 Å². The zero-order valence-electron chi connectivity index (χ0n) is 21.0. The highest BCUT2D eigenvalue weighted by atomic mass is 35.5. The number of nitrogens with one attached hydrogen (secondary N) is 3. The fourth-order valence-electron chi connectivity index (χ4n) is 5.36. The lowest BCUT2D eigenvalue weighted by molar-refractivity contribution is -0.137. The number of benzene rings is 1. The third kappa shape index (κ3) is 5.11. The van der Waals surface area contributed by atoms with Gasteiger partial charge in [0.25, 0.3) is 0 Å². The highest BCUT2D eigenvalue weighted by molar-refractivity contribution is 6.30. The normalized spacial score (nSPS) is 17.4. The molecular weight excluding hydrogens is 480 g/mol. The Labute approximate surface area is 215 Å². The van der Waals surface area contributed by atoms with Crippen molar-refractivity contribution < 1.29 is 14.7 Å². The van der Waals surface area contributed by atoms with Gasteiger partial charge in [-0.15, -0.1) is 0 Å². The van der Waals surface area contributed by atoms with Gasteiger partial charge in [-0.3, -0.25) is 4.79 Å². The third-order valence-electron chi connectivity index (χ3n) is 7.14. The zero-order valence-corrected chi connectivity index (χ0v) is 21.8. The van der Waals surface area contributed by atoms with Crippen LogP contribution in [0.25, 0.3) is 11.0 Å². The van der Waals surface area contributed by atoms with Gasteiger partial charge in [-0.1, -0.05) is 44.5 Å². The maximum atomic E-state index is 14.0. The Balaban J connectivity index is 1.64. The topological polar surface area (TPSA) is 123 Å². The van der Waals surface area contributed by atoms with Crippen molar-refractivity contribution in [1.29, 1.82) is 0 Å². The standard InChI is InChI=1S/C26H33ClN6O3/c1-16(17-5-7-18(27)8-6-17)31-23(34)26(22(25(2,3)4)32-24(35)36)10-13-33(14-11-26)21-19-9-12-28-20(19)29-15-30-21/h5-9,12,15-16,22,32H,10-11,13-14H2,1-4H3,(H,31,34)(H,35,36)(H,28,29,30). The van der Waals surface area contributed by atoms with E-state index in [1.165, 1.54) is 6.33 Å². The van der Waals surface area contributed by atoms with Crippen molar-refractivity contribution in [2.24, 2.45) is 10.8 Å². The molecule has 0 saturated carbocycles. The average Bonchev–Trinajstić information content (AvgIpc) is 3.31. The Morgan fingerprint density at radius 2 is 1.78 bits per heavy atom. The number of H-pyrrole nitrogens is 1. The lowest BCUT2D eigenvalue weighted by Crippen LogP contribution is -2.63. The van der Waals surface area contributed by atoms with E-state index < -0.39 is 23.0 Å². The second-order valence-corrected chi connectivity index (χ2v) is 11.0. The SMILES string of the molecule is CC(NC(=O)C1(C(NC(=O)O)C(C)(C)C)CCN(c2ncnc3[nH]ccc23)CC1)c1ccc(Cl)cc1. The van der Waals surface area contributed by atoms with Gasteiger partial charge in [-0.2, -0.15) is 0 Å². The molecule has 0 aliphatic carbocycles. The average molecular weight is 513 g/mol. The van der Waals surface area contributed by atoms with Crippen LogP contribution in [0.1, 0.15) is 52.1 Å².